The fraction of sp³-hybridized carbons (Fsp3) is 0.263. The Hall–Kier alpha value is -4.02. The van der Waals surface area contributed by atoms with Crippen LogP contribution in [0.1, 0.15) is 16.1 Å². The van der Waals surface area contributed by atoms with E-state index in [2.05, 4.69) is 20.3 Å². The monoisotopic (exact) mass is 409 g/mol. The van der Waals surface area contributed by atoms with Crippen LogP contribution in [0.25, 0.3) is 0 Å². The number of nitro groups is 1. The molecule has 11 nitrogen and oxygen atoms in total. The van der Waals surface area contributed by atoms with Crippen LogP contribution in [0.4, 0.5) is 23.3 Å². The van der Waals surface area contributed by atoms with Crippen LogP contribution >= 0.6 is 0 Å². The number of carbonyl (C=O) groups excluding carboxylic acids is 1. The zero-order chi connectivity index (χ0) is 21.1. The van der Waals surface area contributed by atoms with Crippen molar-refractivity contribution in [2.75, 3.05) is 36.4 Å². The molecule has 1 aliphatic rings. The SMILES string of the molecule is Cc1ccnc(Nc2cc(N3CCN(C(=O)c4ccc([N+](=O)[O-])o4)CC3)ncn2)c1. The summed E-state index contributed by atoms with van der Waals surface area (Å²) in [6, 6.07) is 8.18. The summed E-state index contributed by atoms with van der Waals surface area (Å²) in [6.07, 6.45) is 3.20. The molecule has 1 saturated heterocycles. The Morgan fingerprint density at radius 1 is 1.10 bits per heavy atom. The Labute approximate surface area is 171 Å². The first-order chi connectivity index (χ1) is 14.5. The maximum atomic E-state index is 12.5. The molecule has 154 valence electrons. The van der Waals surface area contributed by atoms with Crippen molar-refractivity contribution in [1.29, 1.82) is 0 Å². The van der Waals surface area contributed by atoms with Crippen LogP contribution in [-0.2, 0) is 0 Å². The molecule has 30 heavy (non-hydrogen) atoms. The molecule has 0 bridgehead atoms. The fourth-order valence-corrected chi connectivity index (χ4v) is 3.16. The number of rotatable bonds is 5. The molecule has 1 amide bonds. The molecular weight excluding hydrogens is 390 g/mol. The third-order valence-corrected chi connectivity index (χ3v) is 4.70. The van der Waals surface area contributed by atoms with Crippen molar-refractivity contribution < 1.29 is 14.1 Å². The van der Waals surface area contributed by atoms with E-state index in [-0.39, 0.29) is 11.7 Å². The van der Waals surface area contributed by atoms with Crippen molar-refractivity contribution in [2.24, 2.45) is 0 Å². The van der Waals surface area contributed by atoms with Crippen LogP contribution in [0.3, 0.4) is 0 Å². The van der Waals surface area contributed by atoms with Gasteiger partial charge >= 0.3 is 5.88 Å². The van der Waals surface area contributed by atoms with Crippen LogP contribution in [-0.4, -0.2) is 56.9 Å². The fourth-order valence-electron chi connectivity index (χ4n) is 3.16. The molecule has 1 N–H and O–H groups in total. The van der Waals surface area contributed by atoms with Gasteiger partial charge < -0.3 is 19.5 Å². The zero-order valence-electron chi connectivity index (χ0n) is 16.2. The standard InChI is InChI=1S/C19H19N7O4/c1-13-4-5-20-15(10-13)23-16-11-17(22-12-21-16)24-6-8-25(9-7-24)19(27)14-2-3-18(30-14)26(28)29/h2-5,10-12H,6-9H2,1H3,(H,20,21,22,23). The van der Waals surface area contributed by atoms with Crippen molar-refractivity contribution in [3.05, 3.63) is 64.3 Å². The lowest BCUT2D eigenvalue weighted by molar-refractivity contribution is -0.402. The van der Waals surface area contributed by atoms with E-state index in [1.54, 1.807) is 11.1 Å². The molecule has 0 atom stereocenters. The first-order valence-electron chi connectivity index (χ1n) is 9.30. The maximum Gasteiger partial charge on any atom is 0.433 e. The third kappa shape index (κ3) is 4.19. The molecule has 3 aromatic rings. The number of nitrogens with one attached hydrogen (secondary N) is 1. The Morgan fingerprint density at radius 2 is 1.87 bits per heavy atom. The van der Waals surface area contributed by atoms with E-state index in [1.165, 1.54) is 18.5 Å². The van der Waals surface area contributed by atoms with E-state index >= 15 is 0 Å². The number of piperazine rings is 1. The van der Waals surface area contributed by atoms with Gasteiger partial charge in [-0.15, -0.1) is 0 Å². The van der Waals surface area contributed by atoms with Gasteiger partial charge in [0.1, 0.15) is 28.7 Å². The molecule has 0 unspecified atom stereocenters. The highest BCUT2D eigenvalue weighted by Crippen LogP contribution is 2.21. The van der Waals surface area contributed by atoms with Crippen molar-refractivity contribution in [1.82, 2.24) is 19.9 Å². The number of hydrogen-bond donors (Lipinski definition) is 1. The van der Waals surface area contributed by atoms with Gasteiger partial charge in [-0.3, -0.25) is 14.9 Å². The Kier molecular flexibility index (Phi) is 5.24. The van der Waals surface area contributed by atoms with E-state index < -0.39 is 10.8 Å². The molecule has 0 aromatic carbocycles. The first-order valence-corrected chi connectivity index (χ1v) is 9.30. The molecule has 11 heteroatoms. The Balaban J connectivity index is 1.39. The predicted octanol–water partition coefficient (Wildman–Crippen LogP) is 2.39. The number of hydrogen-bond acceptors (Lipinski definition) is 9. The van der Waals surface area contributed by atoms with Crippen molar-refractivity contribution in [3.63, 3.8) is 0 Å². The minimum absolute atomic E-state index is 0.0330. The Morgan fingerprint density at radius 3 is 2.57 bits per heavy atom. The van der Waals surface area contributed by atoms with Gasteiger partial charge in [-0.05, 0) is 30.7 Å². The number of carbonyl (C=O) groups is 1. The molecule has 4 heterocycles. The lowest BCUT2D eigenvalue weighted by Crippen LogP contribution is -2.49. The van der Waals surface area contributed by atoms with Crippen LogP contribution in [0.2, 0.25) is 0 Å². The lowest BCUT2D eigenvalue weighted by Gasteiger charge is -2.35. The third-order valence-electron chi connectivity index (χ3n) is 4.70. The van der Waals surface area contributed by atoms with Crippen LogP contribution < -0.4 is 10.2 Å². The van der Waals surface area contributed by atoms with Gasteiger partial charge in [-0.25, -0.2) is 15.0 Å². The maximum absolute atomic E-state index is 12.5. The van der Waals surface area contributed by atoms with Gasteiger partial charge in [0, 0.05) is 38.4 Å². The van der Waals surface area contributed by atoms with Crippen LogP contribution in [0.5, 0.6) is 0 Å². The summed E-state index contributed by atoms with van der Waals surface area (Å²) in [7, 11) is 0. The second kappa shape index (κ2) is 8.15. The number of aromatic nitrogens is 3. The highest BCUT2D eigenvalue weighted by Gasteiger charge is 2.26. The minimum atomic E-state index is -0.665. The van der Waals surface area contributed by atoms with Crippen molar-refractivity contribution in [2.45, 2.75) is 6.92 Å². The van der Waals surface area contributed by atoms with Crippen molar-refractivity contribution >= 4 is 29.2 Å². The van der Waals surface area contributed by atoms with Gasteiger partial charge in [0.2, 0.25) is 0 Å². The van der Waals surface area contributed by atoms with Gasteiger partial charge in [0.25, 0.3) is 5.91 Å². The normalized spacial score (nSPS) is 13.9. The molecule has 4 rings (SSSR count). The summed E-state index contributed by atoms with van der Waals surface area (Å²) in [5.41, 5.74) is 1.09. The van der Waals surface area contributed by atoms with Gasteiger partial charge in [0.05, 0.1) is 6.07 Å². The van der Waals surface area contributed by atoms with Gasteiger partial charge in [-0.1, -0.05) is 0 Å². The number of anilines is 3. The van der Waals surface area contributed by atoms with Gasteiger partial charge in [0.15, 0.2) is 5.76 Å². The van der Waals surface area contributed by atoms with E-state index in [9.17, 15) is 14.9 Å². The highest BCUT2D eigenvalue weighted by atomic mass is 16.6. The summed E-state index contributed by atoms with van der Waals surface area (Å²) < 4.78 is 5.01. The molecule has 0 aliphatic carbocycles. The highest BCUT2D eigenvalue weighted by molar-refractivity contribution is 5.92. The largest absolute Gasteiger partial charge is 0.433 e. The zero-order valence-corrected chi connectivity index (χ0v) is 16.2. The minimum Gasteiger partial charge on any atom is -0.395 e. The molecule has 0 radical (unpaired) electrons. The van der Waals surface area contributed by atoms with Crippen LogP contribution in [0.15, 0.2) is 47.3 Å². The molecule has 1 fully saturated rings. The summed E-state index contributed by atoms with van der Waals surface area (Å²) >= 11 is 0. The van der Waals surface area contributed by atoms with E-state index in [0.717, 1.165) is 11.4 Å². The molecule has 1 aliphatic heterocycles. The average Bonchev–Trinajstić information content (AvgIpc) is 3.24. The number of nitrogens with zero attached hydrogens (tertiary/aromatic N) is 6. The molecule has 0 saturated carbocycles. The van der Waals surface area contributed by atoms with E-state index in [1.807, 2.05) is 30.0 Å². The molecule has 0 spiro atoms. The second-order valence-electron chi connectivity index (χ2n) is 6.78. The summed E-state index contributed by atoms with van der Waals surface area (Å²) in [5, 5.41) is 13.9. The summed E-state index contributed by atoms with van der Waals surface area (Å²) in [6.45, 7) is 4.00. The lowest BCUT2D eigenvalue weighted by atomic mass is 10.2. The second-order valence-corrected chi connectivity index (χ2v) is 6.78. The van der Waals surface area contributed by atoms with E-state index in [4.69, 9.17) is 4.42 Å². The summed E-state index contributed by atoms with van der Waals surface area (Å²) in [5.74, 6) is 1.22. The predicted molar refractivity (Wildman–Crippen MR) is 108 cm³/mol. The summed E-state index contributed by atoms with van der Waals surface area (Å²) in [4.78, 5) is 39.1. The Bertz CT molecular complexity index is 1080. The molecule has 3 aromatic heterocycles. The van der Waals surface area contributed by atoms with E-state index in [0.29, 0.717) is 37.8 Å². The average molecular weight is 409 g/mol. The number of pyridine rings is 1. The number of furan rings is 1. The topological polar surface area (TPSA) is 131 Å². The quantitative estimate of drug-likeness (QED) is 0.498. The first kappa shape index (κ1) is 19.3. The number of aryl methyl sites for hydroxylation is 1. The van der Waals surface area contributed by atoms with Crippen molar-refractivity contribution in [3.8, 4) is 0 Å². The molecular formula is C19H19N7O4. The van der Waals surface area contributed by atoms with Crippen LogP contribution in [0, 0.1) is 17.0 Å². The smallest absolute Gasteiger partial charge is 0.395 e. The number of amides is 1. The van der Waals surface area contributed by atoms with Gasteiger partial charge in [-0.2, -0.15) is 0 Å².